The van der Waals surface area contributed by atoms with Gasteiger partial charge in [-0.25, -0.2) is 4.79 Å². The molecule has 0 saturated carbocycles. The minimum absolute atomic E-state index is 0.0167. The molecule has 0 aliphatic carbocycles. The minimum Gasteiger partial charge on any atom is -0.479 e. The molecule has 2 N–H and O–H groups in total. The van der Waals surface area contributed by atoms with Crippen LogP contribution in [0.25, 0.3) is 0 Å². The average Bonchev–Trinajstić information content (AvgIpc) is 2.45. The van der Waals surface area contributed by atoms with E-state index in [-0.39, 0.29) is 30.7 Å². The SMILES string of the molecule is COC(CNC(=O)CCc1ccccc1OC(F)(F)F)C(=O)O. The highest BCUT2D eigenvalue weighted by Gasteiger charge is 2.32. The molecule has 0 aliphatic rings. The number of halogens is 3. The van der Waals surface area contributed by atoms with Gasteiger partial charge in [0.25, 0.3) is 0 Å². The van der Waals surface area contributed by atoms with Crippen LogP contribution in [0.4, 0.5) is 13.2 Å². The van der Waals surface area contributed by atoms with Gasteiger partial charge in [-0.1, -0.05) is 18.2 Å². The number of carbonyl (C=O) groups excluding carboxylic acids is 1. The number of aliphatic carboxylic acids is 1. The normalized spacial score (nSPS) is 12.5. The number of alkyl halides is 3. The van der Waals surface area contributed by atoms with Gasteiger partial charge in [0.1, 0.15) is 5.75 Å². The number of carbonyl (C=O) groups is 2. The number of methoxy groups -OCH3 is 1. The van der Waals surface area contributed by atoms with Gasteiger partial charge < -0.3 is 19.9 Å². The average molecular weight is 335 g/mol. The van der Waals surface area contributed by atoms with Crippen molar-refractivity contribution >= 4 is 11.9 Å². The highest BCUT2D eigenvalue weighted by atomic mass is 19.4. The number of rotatable bonds is 8. The number of ether oxygens (including phenoxy) is 2. The first-order valence-corrected chi connectivity index (χ1v) is 6.59. The third-order valence-electron chi connectivity index (χ3n) is 2.86. The summed E-state index contributed by atoms with van der Waals surface area (Å²) in [5, 5.41) is 11.1. The molecule has 0 spiro atoms. The lowest BCUT2D eigenvalue weighted by Gasteiger charge is -2.14. The van der Waals surface area contributed by atoms with Gasteiger partial charge in [0, 0.05) is 13.5 Å². The third-order valence-corrected chi connectivity index (χ3v) is 2.86. The summed E-state index contributed by atoms with van der Waals surface area (Å²) in [4.78, 5) is 22.3. The number of nitrogens with one attached hydrogen (secondary N) is 1. The topological polar surface area (TPSA) is 84.9 Å². The van der Waals surface area contributed by atoms with E-state index in [0.29, 0.717) is 0 Å². The predicted octanol–water partition coefficient (Wildman–Crippen LogP) is 1.73. The molecule has 23 heavy (non-hydrogen) atoms. The maximum Gasteiger partial charge on any atom is 0.573 e. The molecule has 0 saturated heterocycles. The Labute approximate surface area is 130 Å². The van der Waals surface area contributed by atoms with E-state index in [9.17, 15) is 22.8 Å². The van der Waals surface area contributed by atoms with E-state index < -0.39 is 24.3 Å². The second kappa shape index (κ2) is 8.37. The molecule has 128 valence electrons. The lowest BCUT2D eigenvalue weighted by molar-refractivity contribution is -0.274. The number of benzene rings is 1. The van der Waals surface area contributed by atoms with Crippen molar-refractivity contribution in [2.45, 2.75) is 25.3 Å². The largest absolute Gasteiger partial charge is 0.573 e. The highest BCUT2D eigenvalue weighted by molar-refractivity contribution is 5.78. The lowest BCUT2D eigenvalue weighted by Crippen LogP contribution is -2.37. The Bertz CT molecular complexity index is 547. The van der Waals surface area contributed by atoms with Crippen LogP contribution in [0.5, 0.6) is 5.75 Å². The fourth-order valence-electron chi connectivity index (χ4n) is 1.75. The number of hydrogen-bond acceptors (Lipinski definition) is 4. The lowest BCUT2D eigenvalue weighted by atomic mass is 10.1. The number of carboxylic acid groups (broad SMARTS) is 1. The molecule has 1 aromatic rings. The van der Waals surface area contributed by atoms with E-state index in [1.54, 1.807) is 0 Å². The quantitative estimate of drug-likeness (QED) is 0.756. The maximum atomic E-state index is 12.3. The summed E-state index contributed by atoms with van der Waals surface area (Å²) in [6, 6.07) is 5.50. The van der Waals surface area contributed by atoms with Crippen molar-refractivity contribution in [1.82, 2.24) is 5.32 Å². The van der Waals surface area contributed by atoms with Crippen molar-refractivity contribution in [3.05, 3.63) is 29.8 Å². The fraction of sp³-hybridized carbons (Fsp3) is 0.429. The van der Waals surface area contributed by atoms with E-state index in [1.807, 2.05) is 0 Å². The number of aryl methyl sites for hydroxylation is 1. The molecule has 0 bridgehead atoms. The fourth-order valence-corrected chi connectivity index (χ4v) is 1.75. The zero-order valence-electron chi connectivity index (χ0n) is 12.2. The van der Waals surface area contributed by atoms with Crippen LogP contribution >= 0.6 is 0 Å². The van der Waals surface area contributed by atoms with E-state index in [1.165, 1.54) is 25.3 Å². The molecule has 1 rings (SSSR count). The Hall–Kier alpha value is -2.29. The summed E-state index contributed by atoms with van der Waals surface area (Å²) in [5.74, 6) is -2.10. The number of carboxylic acids is 1. The summed E-state index contributed by atoms with van der Waals surface area (Å²) in [5.41, 5.74) is 0.224. The molecule has 1 aromatic carbocycles. The van der Waals surface area contributed by atoms with Crippen LogP contribution in [-0.4, -0.2) is 43.1 Å². The monoisotopic (exact) mass is 335 g/mol. The summed E-state index contributed by atoms with van der Waals surface area (Å²) in [6.07, 6.45) is -6.09. The van der Waals surface area contributed by atoms with Crippen LogP contribution in [0.15, 0.2) is 24.3 Å². The van der Waals surface area contributed by atoms with Gasteiger partial charge in [-0.3, -0.25) is 4.79 Å². The predicted molar refractivity (Wildman–Crippen MR) is 72.9 cm³/mol. The van der Waals surface area contributed by atoms with E-state index >= 15 is 0 Å². The smallest absolute Gasteiger partial charge is 0.479 e. The molecule has 0 radical (unpaired) electrons. The summed E-state index contributed by atoms with van der Waals surface area (Å²) < 4.78 is 45.3. The number of hydrogen-bond donors (Lipinski definition) is 2. The Balaban J connectivity index is 2.55. The van der Waals surface area contributed by atoms with Crippen molar-refractivity contribution in [2.24, 2.45) is 0 Å². The van der Waals surface area contributed by atoms with Gasteiger partial charge in [-0.05, 0) is 18.1 Å². The van der Waals surface area contributed by atoms with Gasteiger partial charge in [0.2, 0.25) is 5.91 Å². The van der Waals surface area contributed by atoms with Crippen molar-refractivity contribution in [2.75, 3.05) is 13.7 Å². The molecule has 1 unspecified atom stereocenters. The number of para-hydroxylation sites is 1. The minimum atomic E-state index is -4.81. The van der Waals surface area contributed by atoms with Crippen LogP contribution in [0.1, 0.15) is 12.0 Å². The van der Waals surface area contributed by atoms with Crippen molar-refractivity contribution < 1.29 is 37.3 Å². The second-order valence-electron chi connectivity index (χ2n) is 4.52. The molecule has 1 amide bonds. The summed E-state index contributed by atoms with van der Waals surface area (Å²) in [6.45, 7) is -0.231. The first kappa shape index (κ1) is 18.8. The van der Waals surface area contributed by atoms with Gasteiger partial charge in [0.15, 0.2) is 6.10 Å². The molecule has 0 aliphatic heterocycles. The van der Waals surface area contributed by atoms with Crippen molar-refractivity contribution in [3.8, 4) is 5.75 Å². The van der Waals surface area contributed by atoms with Gasteiger partial charge in [-0.15, -0.1) is 13.2 Å². The van der Waals surface area contributed by atoms with Crippen LogP contribution in [0.3, 0.4) is 0 Å². The molecular weight excluding hydrogens is 319 g/mol. The molecule has 1 atom stereocenters. The first-order valence-electron chi connectivity index (χ1n) is 6.59. The van der Waals surface area contributed by atoms with Crippen LogP contribution in [0, 0.1) is 0 Å². The van der Waals surface area contributed by atoms with Crippen LogP contribution in [0.2, 0.25) is 0 Å². The molecule has 6 nitrogen and oxygen atoms in total. The summed E-state index contributed by atoms with van der Waals surface area (Å²) in [7, 11) is 1.19. The molecule has 0 fully saturated rings. The van der Waals surface area contributed by atoms with Crippen molar-refractivity contribution in [3.63, 3.8) is 0 Å². The molecule has 0 aromatic heterocycles. The Morgan fingerprint density at radius 2 is 1.96 bits per heavy atom. The second-order valence-corrected chi connectivity index (χ2v) is 4.52. The zero-order chi connectivity index (χ0) is 17.5. The molecular formula is C14H16F3NO5. The van der Waals surface area contributed by atoms with Gasteiger partial charge in [0.05, 0.1) is 6.54 Å². The third kappa shape index (κ3) is 7.00. The molecule has 9 heteroatoms. The van der Waals surface area contributed by atoms with Gasteiger partial charge >= 0.3 is 12.3 Å². The Morgan fingerprint density at radius 3 is 2.52 bits per heavy atom. The number of amides is 1. The molecule has 0 heterocycles. The van der Waals surface area contributed by atoms with Gasteiger partial charge in [-0.2, -0.15) is 0 Å². The Kier molecular flexibility index (Phi) is 6.83. The maximum absolute atomic E-state index is 12.3. The van der Waals surface area contributed by atoms with Crippen LogP contribution in [-0.2, 0) is 20.7 Å². The Morgan fingerprint density at radius 1 is 1.30 bits per heavy atom. The first-order chi connectivity index (χ1) is 10.7. The summed E-state index contributed by atoms with van der Waals surface area (Å²) >= 11 is 0. The van der Waals surface area contributed by atoms with E-state index in [0.717, 1.165) is 6.07 Å². The van der Waals surface area contributed by atoms with Crippen molar-refractivity contribution in [1.29, 1.82) is 0 Å². The highest BCUT2D eigenvalue weighted by Crippen LogP contribution is 2.26. The van der Waals surface area contributed by atoms with E-state index in [4.69, 9.17) is 5.11 Å². The van der Waals surface area contributed by atoms with E-state index in [2.05, 4.69) is 14.8 Å². The zero-order valence-corrected chi connectivity index (χ0v) is 12.2. The van der Waals surface area contributed by atoms with Crippen LogP contribution < -0.4 is 10.1 Å². The standard InChI is InChI=1S/C14H16F3NO5/c1-22-11(13(20)21)8-18-12(19)7-6-9-4-2-3-5-10(9)23-14(15,16)17/h2-5,11H,6-8H2,1H3,(H,18,19)(H,20,21).